The molecule has 1 amide bonds. The van der Waals surface area contributed by atoms with Gasteiger partial charge in [0.15, 0.2) is 0 Å². The van der Waals surface area contributed by atoms with E-state index in [0.29, 0.717) is 16.9 Å². The van der Waals surface area contributed by atoms with E-state index >= 15 is 0 Å². The van der Waals surface area contributed by atoms with Crippen molar-refractivity contribution in [2.45, 2.75) is 26.8 Å². The molecule has 23 heavy (non-hydrogen) atoms. The first-order chi connectivity index (χ1) is 11.0. The Balaban J connectivity index is 2.26. The topological polar surface area (TPSA) is 59.8 Å². The fourth-order valence-electron chi connectivity index (χ4n) is 2.66. The lowest BCUT2D eigenvalue weighted by Gasteiger charge is -2.15. The molecule has 0 aliphatic rings. The summed E-state index contributed by atoms with van der Waals surface area (Å²) in [4.78, 5) is 20.1. The molecule has 1 N–H and O–H groups in total. The van der Waals surface area contributed by atoms with Crippen LogP contribution in [0.2, 0.25) is 0 Å². The SMILES string of the molecule is CC(=O)NC(C)c1nc2ccc(F)cc2n1-c1cncc(C)c1. The first-order valence-electron chi connectivity index (χ1n) is 7.32. The second-order valence-corrected chi connectivity index (χ2v) is 5.58. The Bertz CT molecular complexity index is 887. The van der Waals surface area contributed by atoms with Crippen LogP contribution in [0, 0.1) is 12.7 Å². The number of pyridine rings is 1. The molecule has 2 aromatic heterocycles. The monoisotopic (exact) mass is 312 g/mol. The number of imidazole rings is 1. The number of rotatable bonds is 3. The summed E-state index contributed by atoms with van der Waals surface area (Å²) in [6.45, 7) is 5.24. The van der Waals surface area contributed by atoms with Gasteiger partial charge in [0.2, 0.25) is 5.91 Å². The van der Waals surface area contributed by atoms with Crippen LogP contribution in [0.3, 0.4) is 0 Å². The van der Waals surface area contributed by atoms with E-state index in [4.69, 9.17) is 0 Å². The third-order valence-corrected chi connectivity index (χ3v) is 3.57. The maximum Gasteiger partial charge on any atom is 0.217 e. The van der Waals surface area contributed by atoms with Gasteiger partial charge in [-0.05, 0) is 37.6 Å². The summed E-state index contributed by atoms with van der Waals surface area (Å²) in [5, 5.41) is 2.82. The molecule has 0 fully saturated rings. The van der Waals surface area contributed by atoms with E-state index in [1.807, 2.05) is 24.5 Å². The molecular weight excluding hydrogens is 295 g/mol. The highest BCUT2D eigenvalue weighted by Crippen LogP contribution is 2.26. The number of benzene rings is 1. The van der Waals surface area contributed by atoms with Crippen LogP contribution in [0.25, 0.3) is 16.7 Å². The second-order valence-electron chi connectivity index (χ2n) is 5.58. The first-order valence-corrected chi connectivity index (χ1v) is 7.32. The van der Waals surface area contributed by atoms with Gasteiger partial charge in [-0.1, -0.05) is 0 Å². The van der Waals surface area contributed by atoms with Crippen molar-refractivity contribution < 1.29 is 9.18 Å². The number of fused-ring (bicyclic) bond motifs is 1. The van der Waals surface area contributed by atoms with E-state index in [1.165, 1.54) is 19.1 Å². The molecule has 0 aliphatic carbocycles. The Labute approximate surface area is 133 Å². The van der Waals surface area contributed by atoms with Crippen molar-refractivity contribution in [3.8, 4) is 5.69 Å². The van der Waals surface area contributed by atoms with Crippen LogP contribution >= 0.6 is 0 Å². The maximum atomic E-state index is 13.7. The molecule has 6 heteroatoms. The number of aryl methyl sites for hydroxylation is 1. The number of nitrogens with zero attached hydrogens (tertiary/aromatic N) is 3. The van der Waals surface area contributed by atoms with Crippen molar-refractivity contribution >= 4 is 16.9 Å². The zero-order valence-corrected chi connectivity index (χ0v) is 13.2. The van der Waals surface area contributed by atoms with E-state index in [2.05, 4.69) is 15.3 Å². The van der Waals surface area contributed by atoms with Crippen LogP contribution in [0.4, 0.5) is 4.39 Å². The Kier molecular flexibility index (Phi) is 3.82. The van der Waals surface area contributed by atoms with Crippen molar-refractivity contribution in [2.75, 3.05) is 0 Å². The average molecular weight is 312 g/mol. The second kappa shape index (κ2) is 5.79. The fraction of sp³-hybridized carbons (Fsp3) is 0.235. The summed E-state index contributed by atoms with van der Waals surface area (Å²) in [7, 11) is 0. The highest BCUT2D eigenvalue weighted by Gasteiger charge is 2.19. The van der Waals surface area contributed by atoms with Gasteiger partial charge in [0, 0.05) is 19.2 Å². The molecule has 0 radical (unpaired) electrons. The van der Waals surface area contributed by atoms with Gasteiger partial charge >= 0.3 is 0 Å². The summed E-state index contributed by atoms with van der Waals surface area (Å²) >= 11 is 0. The van der Waals surface area contributed by atoms with Crippen LogP contribution in [0.5, 0.6) is 0 Å². The molecule has 0 spiro atoms. The molecular formula is C17H17FN4O. The summed E-state index contributed by atoms with van der Waals surface area (Å²) in [6.07, 6.45) is 3.45. The Morgan fingerprint density at radius 2 is 2.09 bits per heavy atom. The third-order valence-electron chi connectivity index (χ3n) is 3.57. The van der Waals surface area contributed by atoms with Crippen molar-refractivity contribution in [3.05, 3.63) is 53.9 Å². The molecule has 118 valence electrons. The molecule has 2 heterocycles. The van der Waals surface area contributed by atoms with Crippen molar-refractivity contribution in [3.63, 3.8) is 0 Å². The highest BCUT2D eigenvalue weighted by atomic mass is 19.1. The van der Waals surface area contributed by atoms with E-state index in [-0.39, 0.29) is 17.8 Å². The largest absolute Gasteiger partial charge is 0.347 e. The number of nitrogens with one attached hydrogen (secondary N) is 1. The minimum Gasteiger partial charge on any atom is -0.347 e. The number of amides is 1. The van der Waals surface area contributed by atoms with E-state index in [0.717, 1.165) is 11.3 Å². The molecule has 3 aromatic rings. The molecule has 5 nitrogen and oxygen atoms in total. The van der Waals surface area contributed by atoms with Gasteiger partial charge in [-0.25, -0.2) is 9.37 Å². The number of carbonyl (C=O) groups excluding carboxylic acids is 1. The first kappa shape index (κ1) is 15.1. The van der Waals surface area contributed by atoms with E-state index in [1.54, 1.807) is 18.5 Å². The van der Waals surface area contributed by atoms with Gasteiger partial charge in [-0.15, -0.1) is 0 Å². The predicted molar refractivity (Wildman–Crippen MR) is 85.8 cm³/mol. The molecule has 0 aliphatic heterocycles. The third kappa shape index (κ3) is 2.92. The van der Waals surface area contributed by atoms with Crippen molar-refractivity contribution in [2.24, 2.45) is 0 Å². The standard InChI is InChI=1S/C17H17FN4O/c1-10-6-14(9-19-8-10)22-16-7-13(18)4-5-15(16)21-17(22)11(2)20-12(3)23/h4-9,11H,1-3H3,(H,20,23). The minimum absolute atomic E-state index is 0.148. The number of hydrogen-bond acceptors (Lipinski definition) is 3. The molecule has 0 saturated heterocycles. The lowest BCUT2D eigenvalue weighted by molar-refractivity contribution is -0.119. The fourth-order valence-corrected chi connectivity index (χ4v) is 2.66. The molecule has 0 saturated carbocycles. The molecule has 3 rings (SSSR count). The normalized spacial score (nSPS) is 12.3. The number of carbonyl (C=O) groups is 1. The van der Waals surface area contributed by atoms with Crippen molar-refractivity contribution in [1.29, 1.82) is 0 Å². The van der Waals surface area contributed by atoms with Crippen LogP contribution in [0.15, 0.2) is 36.7 Å². The van der Waals surface area contributed by atoms with Crippen LogP contribution in [-0.4, -0.2) is 20.4 Å². The highest BCUT2D eigenvalue weighted by molar-refractivity contribution is 5.79. The quantitative estimate of drug-likeness (QED) is 0.808. The summed E-state index contributed by atoms with van der Waals surface area (Å²) in [5.41, 5.74) is 3.08. The molecule has 1 atom stereocenters. The number of halogens is 1. The molecule has 1 unspecified atom stereocenters. The minimum atomic E-state index is -0.335. The predicted octanol–water partition coefficient (Wildman–Crippen LogP) is 3.07. The van der Waals surface area contributed by atoms with Crippen LogP contribution in [0.1, 0.15) is 31.3 Å². The zero-order valence-electron chi connectivity index (χ0n) is 13.2. The maximum absolute atomic E-state index is 13.7. The molecule has 0 bridgehead atoms. The van der Waals surface area contributed by atoms with E-state index in [9.17, 15) is 9.18 Å². The average Bonchev–Trinajstić information content (AvgIpc) is 2.85. The van der Waals surface area contributed by atoms with Gasteiger partial charge in [0.05, 0.1) is 29.0 Å². The summed E-state index contributed by atoms with van der Waals surface area (Å²) < 4.78 is 15.5. The van der Waals surface area contributed by atoms with Gasteiger partial charge in [-0.2, -0.15) is 0 Å². The van der Waals surface area contributed by atoms with E-state index < -0.39 is 0 Å². The Hall–Kier alpha value is -2.76. The summed E-state index contributed by atoms with van der Waals surface area (Å²) in [5.74, 6) is 0.149. The molecule has 1 aromatic carbocycles. The van der Waals surface area contributed by atoms with Crippen LogP contribution in [-0.2, 0) is 4.79 Å². The van der Waals surface area contributed by atoms with Gasteiger partial charge in [0.25, 0.3) is 0 Å². The number of hydrogen-bond donors (Lipinski definition) is 1. The van der Waals surface area contributed by atoms with Gasteiger partial charge < -0.3 is 5.32 Å². The number of aromatic nitrogens is 3. The Morgan fingerprint density at radius 3 is 2.78 bits per heavy atom. The lowest BCUT2D eigenvalue weighted by atomic mass is 10.2. The smallest absolute Gasteiger partial charge is 0.217 e. The zero-order chi connectivity index (χ0) is 16.6. The van der Waals surface area contributed by atoms with Gasteiger partial charge in [0.1, 0.15) is 11.6 Å². The van der Waals surface area contributed by atoms with Crippen LogP contribution < -0.4 is 5.32 Å². The van der Waals surface area contributed by atoms with Crippen molar-refractivity contribution in [1.82, 2.24) is 19.9 Å². The van der Waals surface area contributed by atoms with Gasteiger partial charge in [-0.3, -0.25) is 14.3 Å². The Morgan fingerprint density at radius 1 is 1.30 bits per heavy atom. The summed E-state index contributed by atoms with van der Waals surface area (Å²) in [6, 6.07) is 6.08. The lowest BCUT2D eigenvalue weighted by Crippen LogP contribution is -2.26.